The lowest BCUT2D eigenvalue weighted by Gasteiger charge is -2.06. The summed E-state index contributed by atoms with van der Waals surface area (Å²) in [5.41, 5.74) is 2.72. The van der Waals surface area contributed by atoms with Crippen molar-refractivity contribution in [1.29, 1.82) is 0 Å². The summed E-state index contributed by atoms with van der Waals surface area (Å²) in [5.74, 6) is 0.820. The van der Waals surface area contributed by atoms with Crippen LogP contribution >= 0.6 is 0 Å². The lowest BCUT2D eigenvalue weighted by molar-refractivity contribution is 1.09. The van der Waals surface area contributed by atoms with Gasteiger partial charge in [-0.3, -0.25) is 9.38 Å². The lowest BCUT2D eigenvalue weighted by atomic mass is 10.2. The van der Waals surface area contributed by atoms with Crippen molar-refractivity contribution in [2.24, 2.45) is 0 Å². The van der Waals surface area contributed by atoms with E-state index in [1.165, 1.54) is 0 Å². The van der Waals surface area contributed by atoms with Crippen LogP contribution in [0.3, 0.4) is 0 Å². The summed E-state index contributed by atoms with van der Waals surface area (Å²) in [6.45, 7) is 0. The normalized spacial score (nSPS) is 11.2. The molecule has 4 rings (SSSR count). The van der Waals surface area contributed by atoms with Crippen LogP contribution in [-0.2, 0) is 0 Å². The van der Waals surface area contributed by atoms with Crippen molar-refractivity contribution in [3.05, 3.63) is 55.1 Å². The summed E-state index contributed by atoms with van der Waals surface area (Å²) < 4.78 is 1.90. The molecule has 0 saturated heterocycles. The van der Waals surface area contributed by atoms with E-state index in [0.717, 1.165) is 27.9 Å². The zero-order valence-corrected chi connectivity index (χ0v) is 9.93. The first-order valence-electron chi connectivity index (χ1n) is 5.92. The van der Waals surface area contributed by atoms with Gasteiger partial charge < -0.3 is 0 Å². The molecule has 0 amide bonds. The maximum atomic E-state index is 4.70. The molecule has 0 N–H and O–H groups in total. The van der Waals surface area contributed by atoms with Crippen molar-refractivity contribution in [2.45, 2.75) is 0 Å². The van der Waals surface area contributed by atoms with Crippen LogP contribution in [0.5, 0.6) is 0 Å². The molecular weight excluding hydrogens is 238 g/mol. The van der Waals surface area contributed by atoms with Crippen LogP contribution < -0.4 is 0 Å². The van der Waals surface area contributed by atoms with Gasteiger partial charge in [0.1, 0.15) is 12.2 Å². The van der Waals surface area contributed by atoms with Crippen molar-refractivity contribution in [3.63, 3.8) is 0 Å². The summed E-state index contributed by atoms with van der Waals surface area (Å²) >= 11 is 0. The molecule has 0 unspecified atom stereocenters. The molecule has 0 aliphatic heterocycles. The van der Waals surface area contributed by atoms with Gasteiger partial charge in [0.25, 0.3) is 0 Å². The average molecular weight is 247 g/mol. The van der Waals surface area contributed by atoms with E-state index in [0.29, 0.717) is 0 Å². The molecule has 0 radical (unpaired) electrons. The third-order valence-electron chi connectivity index (χ3n) is 3.09. The Kier molecular flexibility index (Phi) is 2.05. The maximum Gasteiger partial charge on any atom is 0.171 e. The van der Waals surface area contributed by atoms with Crippen LogP contribution in [0.2, 0.25) is 0 Å². The number of fused-ring (bicyclic) bond motifs is 3. The molecule has 0 atom stereocenters. The number of hydrogen-bond donors (Lipinski definition) is 0. The second-order valence-corrected chi connectivity index (χ2v) is 4.21. The molecule has 0 aliphatic rings. The van der Waals surface area contributed by atoms with Crippen LogP contribution in [0.4, 0.5) is 0 Å². The number of aromatic nitrogens is 5. The molecule has 0 saturated carbocycles. The predicted octanol–water partition coefficient (Wildman–Crippen LogP) is 2.34. The van der Waals surface area contributed by atoms with E-state index in [1.54, 1.807) is 18.7 Å². The molecule has 0 fully saturated rings. The SMILES string of the molecule is c1ccc2c(c1)nc(-c1ccncc1)n1cnnc21. The summed E-state index contributed by atoms with van der Waals surface area (Å²) in [4.78, 5) is 8.73. The largest absolute Gasteiger partial charge is 0.265 e. The first kappa shape index (κ1) is 10.1. The van der Waals surface area contributed by atoms with Gasteiger partial charge in [-0.25, -0.2) is 4.98 Å². The van der Waals surface area contributed by atoms with Crippen molar-refractivity contribution in [3.8, 4) is 11.4 Å². The molecule has 1 aromatic carbocycles. The Balaban J connectivity index is 2.17. The molecule has 4 aromatic rings. The Labute approximate surface area is 108 Å². The van der Waals surface area contributed by atoms with Gasteiger partial charge in [0.05, 0.1) is 5.52 Å². The van der Waals surface area contributed by atoms with Crippen molar-refractivity contribution in [2.75, 3.05) is 0 Å². The predicted molar refractivity (Wildman–Crippen MR) is 71.5 cm³/mol. The standard InChI is InChI=1S/C14H9N5/c1-2-4-12-11(3-1)14-18-16-9-19(14)13(17-12)10-5-7-15-8-6-10/h1-9H. The topological polar surface area (TPSA) is 56.0 Å². The summed E-state index contributed by atoms with van der Waals surface area (Å²) in [7, 11) is 0. The van der Waals surface area contributed by atoms with Gasteiger partial charge in [0.2, 0.25) is 0 Å². The number of para-hydroxylation sites is 1. The van der Waals surface area contributed by atoms with E-state index in [9.17, 15) is 0 Å². The monoisotopic (exact) mass is 247 g/mol. The highest BCUT2D eigenvalue weighted by Gasteiger charge is 2.10. The zero-order chi connectivity index (χ0) is 12.7. The molecule has 3 heterocycles. The van der Waals surface area contributed by atoms with Crippen LogP contribution in [0.25, 0.3) is 27.9 Å². The Morgan fingerprint density at radius 3 is 2.68 bits per heavy atom. The van der Waals surface area contributed by atoms with E-state index in [4.69, 9.17) is 4.98 Å². The fraction of sp³-hybridized carbons (Fsp3) is 0. The third kappa shape index (κ3) is 1.48. The fourth-order valence-electron chi connectivity index (χ4n) is 2.21. The van der Waals surface area contributed by atoms with Crippen LogP contribution in [0.1, 0.15) is 0 Å². The van der Waals surface area contributed by atoms with E-state index in [2.05, 4.69) is 15.2 Å². The van der Waals surface area contributed by atoms with Gasteiger partial charge in [0.15, 0.2) is 5.65 Å². The Morgan fingerprint density at radius 2 is 1.79 bits per heavy atom. The molecule has 5 nitrogen and oxygen atoms in total. The quantitative estimate of drug-likeness (QED) is 0.518. The second kappa shape index (κ2) is 3.84. The van der Waals surface area contributed by atoms with Gasteiger partial charge in [0, 0.05) is 23.3 Å². The van der Waals surface area contributed by atoms with Gasteiger partial charge in [-0.05, 0) is 24.3 Å². The number of benzene rings is 1. The van der Waals surface area contributed by atoms with Gasteiger partial charge in [-0.15, -0.1) is 10.2 Å². The first-order valence-corrected chi connectivity index (χ1v) is 5.92. The average Bonchev–Trinajstić information content (AvgIpc) is 2.97. The summed E-state index contributed by atoms with van der Waals surface area (Å²) in [5, 5.41) is 9.18. The van der Waals surface area contributed by atoms with E-state index in [-0.39, 0.29) is 0 Å². The Bertz CT molecular complexity index is 867. The Morgan fingerprint density at radius 1 is 0.947 bits per heavy atom. The molecule has 0 bridgehead atoms. The highest BCUT2D eigenvalue weighted by molar-refractivity contribution is 5.92. The van der Waals surface area contributed by atoms with Crippen molar-refractivity contribution in [1.82, 2.24) is 24.6 Å². The van der Waals surface area contributed by atoms with Gasteiger partial charge >= 0.3 is 0 Å². The number of rotatable bonds is 1. The highest BCUT2D eigenvalue weighted by atomic mass is 15.2. The van der Waals surface area contributed by atoms with E-state index < -0.39 is 0 Å². The van der Waals surface area contributed by atoms with Gasteiger partial charge in [-0.2, -0.15) is 0 Å². The smallest absolute Gasteiger partial charge is 0.171 e. The third-order valence-corrected chi connectivity index (χ3v) is 3.09. The number of hydrogen-bond acceptors (Lipinski definition) is 4. The molecular formula is C14H9N5. The second-order valence-electron chi connectivity index (χ2n) is 4.21. The minimum Gasteiger partial charge on any atom is -0.265 e. The van der Waals surface area contributed by atoms with E-state index >= 15 is 0 Å². The van der Waals surface area contributed by atoms with Gasteiger partial charge in [-0.1, -0.05) is 12.1 Å². The van der Waals surface area contributed by atoms with E-state index in [1.807, 2.05) is 40.8 Å². The molecule has 0 spiro atoms. The van der Waals surface area contributed by atoms with Crippen molar-refractivity contribution < 1.29 is 0 Å². The minimum atomic E-state index is 0.817. The molecule has 3 aromatic heterocycles. The highest BCUT2D eigenvalue weighted by Crippen LogP contribution is 2.23. The fourth-order valence-corrected chi connectivity index (χ4v) is 2.21. The number of pyridine rings is 1. The Hall–Kier alpha value is -2.82. The molecule has 0 aliphatic carbocycles. The number of nitrogens with zero attached hydrogens (tertiary/aromatic N) is 5. The molecule has 90 valence electrons. The summed E-state index contributed by atoms with van der Waals surface area (Å²) in [6.07, 6.45) is 5.19. The van der Waals surface area contributed by atoms with Crippen LogP contribution in [-0.4, -0.2) is 24.6 Å². The maximum absolute atomic E-state index is 4.70. The molecule has 5 heteroatoms. The summed E-state index contributed by atoms with van der Waals surface area (Å²) in [6, 6.07) is 11.8. The van der Waals surface area contributed by atoms with Crippen LogP contribution in [0, 0.1) is 0 Å². The zero-order valence-electron chi connectivity index (χ0n) is 9.93. The van der Waals surface area contributed by atoms with Crippen molar-refractivity contribution >= 4 is 16.6 Å². The lowest BCUT2D eigenvalue weighted by Crippen LogP contribution is -1.96. The minimum absolute atomic E-state index is 0.817. The molecule has 19 heavy (non-hydrogen) atoms. The van der Waals surface area contributed by atoms with Crippen LogP contribution in [0.15, 0.2) is 55.1 Å². The first-order chi connectivity index (χ1) is 9.43.